The summed E-state index contributed by atoms with van der Waals surface area (Å²) in [6.07, 6.45) is 7.28. The van der Waals surface area contributed by atoms with Gasteiger partial charge in [0.05, 0.1) is 6.04 Å². The first-order valence-electron chi connectivity index (χ1n) is 14.7. The van der Waals surface area contributed by atoms with Crippen molar-refractivity contribution in [1.82, 2.24) is 15.1 Å². The monoisotopic (exact) mass is 515 g/mol. The zero-order valence-electron chi connectivity index (χ0n) is 23.5. The van der Waals surface area contributed by atoms with Gasteiger partial charge in [0, 0.05) is 24.6 Å². The third-order valence-electron chi connectivity index (χ3n) is 9.30. The molecule has 5 rings (SSSR count). The number of fused-ring (bicyclic) bond motifs is 2. The lowest BCUT2D eigenvalue weighted by molar-refractivity contribution is -0.127. The van der Waals surface area contributed by atoms with Crippen LogP contribution in [-0.2, 0) is 10.2 Å². The quantitative estimate of drug-likeness (QED) is 0.535. The highest BCUT2D eigenvalue weighted by Gasteiger charge is 2.42. The first-order valence-corrected chi connectivity index (χ1v) is 14.7. The van der Waals surface area contributed by atoms with Crippen LogP contribution in [-0.4, -0.2) is 54.3 Å². The molecule has 2 fully saturated rings. The van der Waals surface area contributed by atoms with E-state index in [1.165, 1.54) is 50.0 Å². The molecule has 5 heteroatoms. The molecule has 2 aromatic rings. The van der Waals surface area contributed by atoms with Gasteiger partial charge in [-0.2, -0.15) is 0 Å². The molecule has 204 valence electrons. The highest BCUT2D eigenvalue weighted by molar-refractivity contribution is 5.94. The molecule has 2 heterocycles. The summed E-state index contributed by atoms with van der Waals surface area (Å²) < 4.78 is 0. The smallest absolute Gasteiger partial charge is 0.253 e. The van der Waals surface area contributed by atoms with Gasteiger partial charge in [-0.05, 0) is 98.7 Å². The van der Waals surface area contributed by atoms with Crippen LogP contribution in [0.1, 0.15) is 93.2 Å². The van der Waals surface area contributed by atoms with Gasteiger partial charge in [-0.3, -0.25) is 9.59 Å². The first kappa shape index (κ1) is 26.9. The Kier molecular flexibility index (Phi) is 7.95. The zero-order valence-corrected chi connectivity index (χ0v) is 23.5. The number of carbonyl (C=O) groups is 2. The fourth-order valence-corrected chi connectivity index (χ4v) is 6.76. The predicted octanol–water partition coefficient (Wildman–Crippen LogP) is 5.96. The molecule has 2 amide bonds. The van der Waals surface area contributed by atoms with E-state index >= 15 is 0 Å². The average molecular weight is 516 g/mol. The van der Waals surface area contributed by atoms with Crippen molar-refractivity contribution in [2.24, 2.45) is 11.3 Å². The van der Waals surface area contributed by atoms with Gasteiger partial charge in [0.25, 0.3) is 5.91 Å². The molecule has 38 heavy (non-hydrogen) atoms. The highest BCUT2D eigenvalue weighted by atomic mass is 16.2. The summed E-state index contributed by atoms with van der Waals surface area (Å²) in [7, 11) is 0. The van der Waals surface area contributed by atoms with Crippen LogP contribution >= 0.6 is 0 Å². The molecule has 3 aliphatic rings. The maximum atomic E-state index is 13.4. The van der Waals surface area contributed by atoms with E-state index in [2.05, 4.69) is 55.3 Å². The van der Waals surface area contributed by atoms with Crippen LogP contribution in [0, 0.1) is 11.3 Å². The molecule has 1 N–H and O–H groups in total. The Labute approximate surface area is 229 Å². The normalized spacial score (nSPS) is 22.2. The number of likely N-dealkylation sites (tertiary alicyclic amines) is 2. The lowest BCUT2D eigenvalue weighted by atomic mass is 9.63. The Bertz CT molecular complexity index is 1110. The summed E-state index contributed by atoms with van der Waals surface area (Å²) in [5.74, 6) is 0.203. The van der Waals surface area contributed by atoms with Crippen molar-refractivity contribution in [3.63, 3.8) is 0 Å². The van der Waals surface area contributed by atoms with Crippen LogP contribution in [0.25, 0.3) is 0 Å². The van der Waals surface area contributed by atoms with E-state index in [0.717, 1.165) is 31.2 Å². The van der Waals surface area contributed by atoms with Crippen molar-refractivity contribution < 1.29 is 9.59 Å². The van der Waals surface area contributed by atoms with Gasteiger partial charge in [-0.25, -0.2) is 0 Å². The molecule has 1 spiro atoms. The Hall–Kier alpha value is -2.66. The fraction of sp³-hybridized carbons (Fsp3) is 0.576. The van der Waals surface area contributed by atoms with Crippen molar-refractivity contribution in [3.05, 3.63) is 71.3 Å². The van der Waals surface area contributed by atoms with E-state index in [9.17, 15) is 9.59 Å². The van der Waals surface area contributed by atoms with Crippen molar-refractivity contribution in [3.8, 4) is 0 Å². The Morgan fingerprint density at radius 2 is 1.53 bits per heavy atom. The SMILES string of the molecule is CC(C)(C)CCN1CCC2(CC[C@H](NC(=O)C3CCN(C(=O)c4ccccc4)CC3)c3ccccc32)CC1. The summed E-state index contributed by atoms with van der Waals surface area (Å²) in [4.78, 5) is 30.7. The summed E-state index contributed by atoms with van der Waals surface area (Å²) in [5.41, 5.74) is 4.15. The number of nitrogens with zero attached hydrogens (tertiary/aromatic N) is 2. The largest absolute Gasteiger partial charge is 0.349 e. The summed E-state index contributed by atoms with van der Waals surface area (Å²) in [6.45, 7) is 11.8. The first-order chi connectivity index (χ1) is 18.2. The van der Waals surface area contributed by atoms with Gasteiger partial charge in [-0.15, -0.1) is 0 Å². The van der Waals surface area contributed by atoms with E-state index in [0.29, 0.717) is 18.5 Å². The molecule has 0 aromatic heterocycles. The molecular formula is C33H45N3O2. The van der Waals surface area contributed by atoms with Gasteiger partial charge in [0.1, 0.15) is 0 Å². The van der Waals surface area contributed by atoms with Crippen molar-refractivity contribution in [2.45, 2.75) is 77.2 Å². The van der Waals surface area contributed by atoms with Crippen LogP contribution < -0.4 is 5.32 Å². The maximum absolute atomic E-state index is 13.4. The molecule has 5 nitrogen and oxygen atoms in total. The maximum Gasteiger partial charge on any atom is 0.253 e. The molecular weight excluding hydrogens is 470 g/mol. The van der Waals surface area contributed by atoms with Crippen LogP contribution in [0.2, 0.25) is 0 Å². The third kappa shape index (κ3) is 5.98. The fourth-order valence-electron chi connectivity index (χ4n) is 6.76. The molecule has 1 aliphatic carbocycles. The van der Waals surface area contributed by atoms with Gasteiger partial charge in [0.15, 0.2) is 0 Å². The minimum Gasteiger partial charge on any atom is -0.349 e. The van der Waals surface area contributed by atoms with Crippen LogP contribution in [0.3, 0.4) is 0 Å². The zero-order chi connectivity index (χ0) is 26.8. The number of hydrogen-bond donors (Lipinski definition) is 1. The van der Waals surface area contributed by atoms with Gasteiger partial charge < -0.3 is 15.1 Å². The predicted molar refractivity (Wildman–Crippen MR) is 153 cm³/mol. The number of carbonyl (C=O) groups excluding carboxylic acids is 2. The minimum atomic E-state index is -0.0241. The molecule has 0 saturated carbocycles. The van der Waals surface area contributed by atoms with Crippen LogP contribution in [0.5, 0.6) is 0 Å². The topological polar surface area (TPSA) is 52.7 Å². The summed E-state index contributed by atoms with van der Waals surface area (Å²) >= 11 is 0. The van der Waals surface area contributed by atoms with Crippen molar-refractivity contribution in [1.29, 1.82) is 0 Å². The number of nitrogens with one attached hydrogen (secondary N) is 1. The Morgan fingerprint density at radius 3 is 2.21 bits per heavy atom. The summed E-state index contributed by atoms with van der Waals surface area (Å²) in [5, 5.41) is 3.44. The van der Waals surface area contributed by atoms with Gasteiger partial charge in [-0.1, -0.05) is 63.2 Å². The second kappa shape index (κ2) is 11.2. The highest BCUT2D eigenvalue weighted by Crippen LogP contribution is 2.48. The number of hydrogen-bond acceptors (Lipinski definition) is 3. The molecule has 0 radical (unpaired) electrons. The Morgan fingerprint density at radius 1 is 0.868 bits per heavy atom. The van der Waals surface area contributed by atoms with E-state index in [1.807, 2.05) is 35.2 Å². The molecule has 0 bridgehead atoms. The van der Waals surface area contributed by atoms with Crippen LogP contribution in [0.4, 0.5) is 0 Å². The number of rotatable bonds is 5. The second-order valence-corrected chi connectivity index (χ2v) is 13.1. The van der Waals surface area contributed by atoms with E-state index in [4.69, 9.17) is 0 Å². The van der Waals surface area contributed by atoms with Crippen LogP contribution in [0.15, 0.2) is 54.6 Å². The molecule has 1 atom stereocenters. The average Bonchev–Trinajstić information content (AvgIpc) is 2.94. The van der Waals surface area contributed by atoms with E-state index < -0.39 is 0 Å². The number of amides is 2. The Balaban J connectivity index is 1.18. The van der Waals surface area contributed by atoms with E-state index in [1.54, 1.807) is 0 Å². The minimum absolute atomic E-state index is 0.0241. The third-order valence-corrected chi connectivity index (χ3v) is 9.30. The molecule has 0 unspecified atom stereocenters. The van der Waals surface area contributed by atoms with Gasteiger partial charge in [0.2, 0.25) is 5.91 Å². The number of benzene rings is 2. The lowest BCUT2D eigenvalue weighted by Crippen LogP contribution is -2.48. The molecule has 2 aliphatic heterocycles. The molecule has 2 saturated heterocycles. The number of piperidine rings is 2. The van der Waals surface area contributed by atoms with Crippen molar-refractivity contribution in [2.75, 3.05) is 32.7 Å². The standard InChI is InChI=1S/C33H45N3O2/c1-32(2,3)17-22-35-23-18-33(19-24-35)16-13-29(27-11-7-8-12-28(27)33)34-30(37)25-14-20-36(21-15-25)31(38)26-9-5-4-6-10-26/h4-12,25,29H,13-24H2,1-3H3,(H,34,37)/t29-/m0/s1. The summed E-state index contributed by atoms with van der Waals surface area (Å²) in [6, 6.07) is 18.4. The lowest BCUT2D eigenvalue weighted by Gasteiger charge is -2.47. The van der Waals surface area contributed by atoms with Crippen molar-refractivity contribution >= 4 is 11.8 Å². The van der Waals surface area contributed by atoms with E-state index in [-0.39, 0.29) is 29.2 Å². The second-order valence-electron chi connectivity index (χ2n) is 13.1. The van der Waals surface area contributed by atoms with Gasteiger partial charge >= 0.3 is 0 Å². The molecule has 2 aromatic carbocycles.